The van der Waals surface area contributed by atoms with Crippen LogP contribution in [0.4, 0.5) is 4.79 Å². The van der Waals surface area contributed by atoms with Crippen molar-refractivity contribution in [2.45, 2.75) is 19.6 Å². The number of hydrogen-bond acceptors (Lipinski definition) is 4. The number of hydrogen-bond donors (Lipinski definition) is 0. The Balaban J connectivity index is 2.12. The smallest absolute Gasteiger partial charge is 0.330 e. The van der Waals surface area contributed by atoms with Crippen LogP contribution in [0.25, 0.3) is 0 Å². The minimum atomic E-state index is -0.542. The number of likely N-dealkylation sites (N-methyl/N-ethyl adjacent to an activating group) is 1. The Kier molecular flexibility index (Phi) is 1.90. The number of carbonyl (C=O) groups is 2. The highest BCUT2D eigenvalue weighted by Gasteiger charge is 2.41. The molecule has 0 bridgehead atoms. The van der Waals surface area contributed by atoms with Gasteiger partial charge in [-0.25, -0.2) is 9.69 Å². The fraction of sp³-hybridized carbons (Fsp3) is 0.625. The van der Waals surface area contributed by atoms with Crippen molar-refractivity contribution in [3.63, 3.8) is 0 Å². The predicted molar refractivity (Wildman–Crippen MR) is 47.5 cm³/mol. The molecule has 2 heterocycles. The number of urea groups is 1. The van der Waals surface area contributed by atoms with Crippen molar-refractivity contribution < 1.29 is 14.4 Å². The van der Waals surface area contributed by atoms with Gasteiger partial charge in [0.1, 0.15) is 6.54 Å². The number of carbonyl (C=O) groups excluding carboxylic acids is 2. The van der Waals surface area contributed by atoms with Gasteiger partial charge in [-0.15, -0.1) is 0 Å². The first-order valence-corrected chi connectivity index (χ1v) is 4.36. The third kappa shape index (κ3) is 1.23. The van der Waals surface area contributed by atoms with Gasteiger partial charge >= 0.3 is 6.03 Å². The molecule has 6 nitrogen and oxygen atoms in total. The lowest BCUT2D eigenvalue weighted by molar-refractivity contribution is -0.133. The highest BCUT2D eigenvalue weighted by atomic mass is 16.7. The third-order valence-electron chi connectivity index (χ3n) is 2.26. The number of rotatable bonds is 1. The third-order valence-corrected chi connectivity index (χ3v) is 2.26. The maximum atomic E-state index is 11.5. The van der Waals surface area contributed by atoms with Gasteiger partial charge in [0.25, 0.3) is 5.91 Å². The molecule has 76 valence electrons. The van der Waals surface area contributed by atoms with Crippen LogP contribution in [0.5, 0.6) is 0 Å². The molecule has 1 saturated heterocycles. The first-order valence-electron chi connectivity index (χ1n) is 4.36. The van der Waals surface area contributed by atoms with E-state index >= 15 is 0 Å². The number of nitrogens with zero attached hydrogens (tertiary/aromatic N) is 3. The maximum Gasteiger partial charge on any atom is 0.330 e. The van der Waals surface area contributed by atoms with Crippen molar-refractivity contribution in [1.82, 2.24) is 9.80 Å². The number of imide groups is 1. The van der Waals surface area contributed by atoms with Crippen molar-refractivity contribution in [3.8, 4) is 0 Å². The Hall–Kier alpha value is -1.59. The van der Waals surface area contributed by atoms with Gasteiger partial charge in [-0.05, 0) is 6.92 Å². The fourth-order valence-corrected chi connectivity index (χ4v) is 1.54. The van der Waals surface area contributed by atoms with Gasteiger partial charge in [0.2, 0.25) is 6.23 Å². The van der Waals surface area contributed by atoms with Gasteiger partial charge in [-0.3, -0.25) is 4.79 Å². The van der Waals surface area contributed by atoms with E-state index in [1.165, 1.54) is 4.90 Å². The SMILES string of the molecule is CC1=NO[C@H](N2C(=O)CN(C)C2=O)C1. The van der Waals surface area contributed by atoms with Crippen molar-refractivity contribution in [2.75, 3.05) is 13.6 Å². The van der Waals surface area contributed by atoms with Crippen molar-refractivity contribution in [2.24, 2.45) is 5.16 Å². The van der Waals surface area contributed by atoms with Crippen LogP contribution in [0.2, 0.25) is 0 Å². The normalized spacial score (nSPS) is 27.0. The molecule has 3 amide bonds. The van der Waals surface area contributed by atoms with E-state index in [0.717, 1.165) is 10.6 Å². The standard InChI is InChI=1S/C8H11N3O3/c1-5-3-7(14-9-5)11-6(12)4-10(2)8(11)13/h7H,3-4H2,1-2H3/t7-/m0/s1. The van der Waals surface area contributed by atoms with Crippen LogP contribution < -0.4 is 0 Å². The molecule has 2 aliphatic heterocycles. The molecule has 0 radical (unpaired) electrons. The Morgan fingerprint density at radius 1 is 1.50 bits per heavy atom. The lowest BCUT2D eigenvalue weighted by atomic mass is 10.2. The van der Waals surface area contributed by atoms with Gasteiger partial charge in [-0.1, -0.05) is 5.16 Å². The molecular formula is C8H11N3O3. The minimum Gasteiger partial charge on any atom is -0.370 e. The molecule has 0 N–H and O–H groups in total. The molecule has 0 aromatic heterocycles. The molecule has 1 atom stereocenters. The summed E-state index contributed by atoms with van der Waals surface area (Å²) in [5, 5.41) is 3.71. The van der Waals surface area contributed by atoms with E-state index in [4.69, 9.17) is 4.84 Å². The van der Waals surface area contributed by atoms with Gasteiger partial charge in [-0.2, -0.15) is 0 Å². The summed E-state index contributed by atoms with van der Waals surface area (Å²) in [5.74, 6) is -0.229. The molecule has 1 fully saturated rings. The lowest BCUT2D eigenvalue weighted by Crippen LogP contribution is -2.40. The molecule has 0 aromatic rings. The Morgan fingerprint density at radius 3 is 2.64 bits per heavy atom. The van der Waals surface area contributed by atoms with Crippen LogP contribution in [-0.4, -0.2) is 47.3 Å². The molecule has 2 rings (SSSR count). The molecule has 14 heavy (non-hydrogen) atoms. The van der Waals surface area contributed by atoms with E-state index in [2.05, 4.69) is 5.16 Å². The van der Waals surface area contributed by atoms with Crippen LogP contribution in [0.1, 0.15) is 13.3 Å². The summed E-state index contributed by atoms with van der Waals surface area (Å²) in [7, 11) is 1.59. The quantitative estimate of drug-likeness (QED) is 0.556. The average Bonchev–Trinajstić information content (AvgIpc) is 2.60. The monoisotopic (exact) mass is 197 g/mol. The molecule has 0 aliphatic carbocycles. The Morgan fingerprint density at radius 2 is 2.21 bits per heavy atom. The van der Waals surface area contributed by atoms with E-state index < -0.39 is 6.23 Å². The summed E-state index contributed by atoms with van der Waals surface area (Å²) >= 11 is 0. The zero-order chi connectivity index (χ0) is 10.3. The van der Waals surface area contributed by atoms with Crippen molar-refractivity contribution in [3.05, 3.63) is 0 Å². The van der Waals surface area contributed by atoms with Gasteiger partial charge < -0.3 is 9.74 Å². The molecule has 6 heteroatoms. The summed E-state index contributed by atoms with van der Waals surface area (Å²) in [5.41, 5.74) is 0.796. The fourth-order valence-electron chi connectivity index (χ4n) is 1.54. The van der Waals surface area contributed by atoms with Gasteiger partial charge in [0.15, 0.2) is 0 Å². The first-order chi connectivity index (χ1) is 6.59. The van der Waals surface area contributed by atoms with E-state index in [1.807, 2.05) is 0 Å². The van der Waals surface area contributed by atoms with Crippen molar-refractivity contribution >= 4 is 17.6 Å². The summed E-state index contributed by atoms with van der Waals surface area (Å²) in [6.45, 7) is 1.92. The van der Waals surface area contributed by atoms with Crippen LogP contribution in [-0.2, 0) is 9.63 Å². The molecule has 0 unspecified atom stereocenters. The number of oxime groups is 1. The second-order valence-electron chi connectivity index (χ2n) is 3.49. The second-order valence-corrected chi connectivity index (χ2v) is 3.49. The first kappa shape index (κ1) is 8.98. The summed E-state index contributed by atoms with van der Waals surface area (Å²) in [6, 6.07) is -0.315. The topological polar surface area (TPSA) is 62.2 Å². The average molecular weight is 197 g/mol. The van der Waals surface area contributed by atoms with Crippen LogP contribution in [0.15, 0.2) is 5.16 Å². The highest BCUT2D eigenvalue weighted by Crippen LogP contribution is 2.20. The van der Waals surface area contributed by atoms with E-state index in [0.29, 0.717) is 6.42 Å². The highest BCUT2D eigenvalue weighted by molar-refractivity contribution is 6.02. The summed E-state index contributed by atoms with van der Waals surface area (Å²) in [6.07, 6.45) is -0.0364. The Bertz CT molecular complexity index is 326. The second kappa shape index (κ2) is 2.97. The Labute approximate surface area is 81.1 Å². The molecule has 2 aliphatic rings. The minimum absolute atomic E-state index is 0.123. The summed E-state index contributed by atoms with van der Waals surface area (Å²) < 4.78 is 0. The van der Waals surface area contributed by atoms with Gasteiger partial charge in [0.05, 0.1) is 5.71 Å². The molecule has 0 aromatic carbocycles. The van der Waals surface area contributed by atoms with Gasteiger partial charge in [0, 0.05) is 13.5 Å². The molecular weight excluding hydrogens is 186 g/mol. The van der Waals surface area contributed by atoms with Crippen molar-refractivity contribution in [1.29, 1.82) is 0 Å². The van der Waals surface area contributed by atoms with E-state index in [9.17, 15) is 9.59 Å². The van der Waals surface area contributed by atoms with Crippen LogP contribution in [0.3, 0.4) is 0 Å². The predicted octanol–water partition coefficient (Wildman–Crippen LogP) is 0.00270. The zero-order valence-electron chi connectivity index (χ0n) is 8.06. The molecule has 0 spiro atoms. The molecule has 0 saturated carbocycles. The summed E-state index contributed by atoms with van der Waals surface area (Å²) in [4.78, 5) is 30.4. The maximum absolute atomic E-state index is 11.5. The lowest BCUT2D eigenvalue weighted by Gasteiger charge is -2.18. The zero-order valence-corrected chi connectivity index (χ0v) is 8.06. The van der Waals surface area contributed by atoms with Crippen LogP contribution >= 0.6 is 0 Å². The number of amides is 3. The van der Waals surface area contributed by atoms with Crippen LogP contribution in [0, 0.1) is 0 Å². The van der Waals surface area contributed by atoms with E-state index in [-0.39, 0.29) is 18.5 Å². The largest absolute Gasteiger partial charge is 0.370 e. The van der Waals surface area contributed by atoms with E-state index in [1.54, 1.807) is 14.0 Å².